The van der Waals surface area contributed by atoms with Gasteiger partial charge in [-0.1, -0.05) is 0 Å². The van der Waals surface area contributed by atoms with Gasteiger partial charge in [-0.3, -0.25) is 4.90 Å². The van der Waals surface area contributed by atoms with E-state index < -0.39 is 0 Å². The van der Waals surface area contributed by atoms with E-state index in [9.17, 15) is 0 Å². The third kappa shape index (κ3) is 3.33. The van der Waals surface area contributed by atoms with Crippen molar-refractivity contribution < 1.29 is 9.47 Å². The molecule has 116 valence electrons. The van der Waals surface area contributed by atoms with Crippen LogP contribution in [0.3, 0.4) is 0 Å². The monoisotopic (exact) mass is 290 g/mol. The maximum atomic E-state index is 5.88. The molecule has 2 fully saturated rings. The molecule has 0 aromatic heterocycles. The zero-order valence-electron chi connectivity index (χ0n) is 13.1. The van der Waals surface area contributed by atoms with Crippen LogP contribution in [0.5, 0.6) is 11.5 Å². The predicted octanol–water partition coefficient (Wildman–Crippen LogP) is 2.15. The summed E-state index contributed by atoms with van der Waals surface area (Å²) in [7, 11) is 1.68. The fourth-order valence-electron chi connectivity index (χ4n) is 3.34. The van der Waals surface area contributed by atoms with Crippen molar-refractivity contribution in [3.63, 3.8) is 0 Å². The van der Waals surface area contributed by atoms with E-state index in [0.29, 0.717) is 5.54 Å². The Labute approximate surface area is 127 Å². The van der Waals surface area contributed by atoms with Gasteiger partial charge in [0.25, 0.3) is 0 Å². The Morgan fingerprint density at radius 1 is 1.24 bits per heavy atom. The summed E-state index contributed by atoms with van der Waals surface area (Å²) in [6.07, 6.45) is 2.77. The Kier molecular flexibility index (Phi) is 4.36. The minimum absolute atomic E-state index is 0.321. The van der Waals surface area contributed by atoms with Crippen LogP contribution >= 0.6 is 0 Å². The molecule has 3 rings (SSSR count). The number of piperazine rings is 1. The molecule has 1 aliphatic heterocycles. The van der Waals surface area contributed by atoms with Gasteiger partial charge in [-0.2, -0.15) is 0 Å². The Balaban J connectivity index is 1.51. The van der Waals surface area contributed by atoms with Crippen LogP contribution in [-0.4, -0.2) is 50.3 Å². The van der Waals surface area contributed by atoms with Crippen molar-refractivity contribution in [3.05, 3.63) is 24.3 Å². The van der Waals surface area contributed by atoms with Gasteiger partial charge >= 0.3 is 0 Å². The van der Waals surface area contributed by atoms with Crippen molar-refractivity contribution in [3.8, 4) is 11.5 Å². The van der Waals surface area contributed by atoms with Crippen LogP contribution in [0, 0.1) is 5.92 Å². The molecule has 0 spiro atoms. The van der Waals surface area contributed by atoms with Gasteiger partial charge in [0.1, 0.15) is 18.1 Å². The molecule has 1 heterocycles. The zero-order chi connectivity index (χ0) is 14.7. The minimum Gasteiger partial charge on any atom is -0.497 e. The summed E-state index contributed by atoms with van der Waals surface area (Å²) in [4.78, 5) is 2.62. The van der Waals surface area contributed by atoms with Gasteiger partial charge in [-0.15, -0.1) is 0 Å². The van der Waals surface area contributed by atoms with Crippen molar-refractivity contribution in [2.45, 2.75) is 25.3 Å². The third-order valence-corrected chi connectivity index (χ3v) is 4.91. The molecule has 0 bridgehead atoms. The van der Waals surface area contributed by atoms with E-state index in [0.717, 1.165) is 50.2 Å². The minimum atomic E-state index is 0.321. The summed E-state index contributed by atoms with van der Waals surface area (Å²) in [5.74, 6) is 2.65. The van der Waals surface area contributed by atoms with Crippen molar-refractivity contribution in [1.29, 1.82) is 0 Å². The average Bonchev–Trinajstić information content (AvgIpc) is 3.35. The van der Waals surface area contributed by atoms with Gasteiger partial charge in [0.2, 0.25) is 0 Å². The second kappa shape index (κ2) is 6.24. The molecular weight excluding hydrogens is 264 g/mol. The van der Waals surface area contributed by atoms with E-state index in [-0.39, 0.29) is 0 Å². The summed E-state index contributed by atoms with van der Waals surface area (Å²) >= 11 is 0. The molecule has 1 aromatic rings. The highest BCUT2D eigenvalue weighted by atomic mass is 16.5. The van der Waals surface area contributed by atoms with Crippen LogP contribution in [0.4, 0.5) is 0 Å². The van der Waals surface area contributed by atoms with Crippen molar-refractivity contribution >= 4 is 0 Å². The molecule has 4 nitrogen and oxygen atoms in total. The largest absolute Gasteiger partial charge is 0.497 e. The molecule has 1 aliphatic carbocycles. The van der Waals surface area contributed by atoms with E-state index in [1.54, 1.807) is 7.11 Å². The molecule has 1 saturated carbocycles. The maximum absolute atomic E-state index is 5.88. The summed E-state index contributed by atoms with van der Waals surface area (Å²) in [6, 6.07) is 7.82. The number of nitrogens with zero attached hydrogens (tertiary/aromatic N) is 1. The number of methoxy groups -OCH3 is 1. The molecular formula is C17H26N2O2. The summed E-state index contributed by atoms with van der Waals surface area (Å²) < 4.78 is 11.0. The Bertz CT molecular complexity index is 458. The molecule has 1 saturated heterocycles. The first kappa shape index (κ1) is 14.7. The first-order valence-electron chi connectivity index (χ1n) is 7.95. The quantitative estimate of drug-likeness (QED) is 0.870. The van der Waals surface area contributed by atoms with Gasteiger partial charge in [0, 0.05) is 31.7 Å². The fourth-order valence-corrected chi connectivity index (χ4v) is 3.34. The van der Waals surface area contributed by atoms with Crippen LogP contribution in [0.1, 0.15) is 19.8 Å². The number of ether oxygens (including phenoxy) is 2. The predicted molar refractivity (Wildman–Crippen MR) is 84.1 cm³/mol. The number of benzene rings is 1. The smallest absolute Gasteiger partial charge is 0.119 e. The van der Waals surface area contributed by atoms with Crippen LogP contribution in [0.15, 0.2) is 24.3 Å². The van der Waals surface area contributed by atoms with Gasteiger partial charge in [-0.25, -0.2) is 0 Å². The van der Waals surface area contributed by atoms with Crippen molar-refractivity contribution in [2.75, 3.05) is 39.9 Å². The molecule has 1 atom stereocenters. The summed E-state index contributed by atoms with van der Waals surface area (Å²) in [5, 5.41) is 3.55. The maximum Gasteiger partial charge on any atom is 0.119 e. The lowest BCUT2D eigenvalue weighted by atomic mass is 9.91. The van der Waals surface area contributed by atoms with Gasteiger partial charge < -0.3 is 14.8 Å². The summed E-state index contributed by atoms with van der Waals surface area (Å²) in [5.41, 5.74) is 0.321. The Morgan fingerprint density at radius 3 is 2.62 bits per heavy atom. The highest BCUT2D eigenvalue weighted by molar-refractivity contribution is 5.31. The van der Waals surface area contributed by atoms with Crippen molar-refractivity contribution in [2.24, 2.45) is 5.92 Å². The van der Waals surface area contributed by atoms with E-state index in [4.69, 9.17) is 9.47 Å². The number of hydrogen-bond acceptors (Lipinski definition) is 4. The highest BCUT2D eigenvalue weighted by Crippen LogP contribution is 2.43. The Hall–Kier alpha value is -1.26. The third-order valence-electron chi connectivity index (χ3n) is 4.91. The van der Waals surface area contributed by atoms with Crippen molar-refractivity contribution in [1.82, 2.24) is 10.2 Å². The van der Waals surface area contributed by atoms with Crippen LogP contribution in [0.25, 0.3) is 0 Å². The molecule has 0 radical (unpaired) electrons. The molecule has 4 heteroatoms. The second-order valence-electron chi connectivity index (χ2n) is 6.32. The van der Waals surface area contributed by atoms with Crippen LogP contribution < -0.4 is 14.8 Å². The van der Waals surface area contributed by atoms with E-state index >= 15 is 0 Å². The molecule has 1 N–H and O–H groups in total. The second-order valence-corrected chi connectivity index (χ2v) is 6.32. The number of rotatable bonds is 6. The SMILES string of the molecule is COc1ccc(OCCN2CCNCC2(C)C2CC2)cc1. The molecule has 21 heavy (non-hydrogen) atoms. The normalized spacial score (nSPS) is 26.6. The number of hydrogen-bond donors (Lipinski definition) is 1. The summed E-state index contributed by atoms with van der Waals surface area (Å²) in [6.45, 7) is 7.48. The van der Waals surface area contributed by atoms with E-state index in [1.165, 1.54) is 12.8 Å². The molecule has 2 aliphatic rings. The first-order valence-corrected chi connectivity index (χ1v) is 7.95. The van der Waals surface area contributed by atoms with Gasteiger partial charge in [0.15, 0.2) is 0 Å². The molecule has 0 amide bonds. The molecule has 1 unspecified atom stereocenters. The average molecular weight is 290 g/mol. The fraction of sp³-hybridized carbons (Fsp3) is 0.647. The van der Waals surface area contributed by atoms with E-state index in [1.807, 2.05) is 24.3 Å². The topological polar surface area (TPSA) is 33.7 Å². The van der Waals surface area contributed by atoms with Crippen LogP contribution in [-0.2, 0) is 0 Å². The van der Waals surface area contributed by atoms with Gasteiger partial charge in [0.05, 0.1) is 7.11 Å². The van der Waals surface area contributed by atoms with E-state index in [2.05, 4.69) is 17.1 Å². The lowest BCUT2D eigenvalue weighted by molar-refractivity contribution is 0.0436. The molecule has 1 aromatic carbocycles. The lowest BCUT2D eigenvalue weighted by Crippen LogP contribution is -2.61. The number of nitrogens with one attached hydrogen (secondary N) is 1. The lowest BCUT2D eigenvalue weighted by Gasteiger charge is -2.45. The van der Waals surface area contributed by atoms with Crippen LogP contribution in [0.2, 0.25) is 0 Å². The first-order chi connectivity index (χ1) is 10.2. The standard InChI is InChI=1S/C17H26N2O2/c1-17(14-3-4-14)13-18-9-10-19(17)11-12-21-16-7-5-15(20-2)6-8-16/h5-8,14,18H,3-4,9-13H2,1-2H3. The van der Waals surface area contributed by atoms with Gasteiger partial charge in [-0.05, 0) is 49.9 Å². The zero-order valence-corrected chi connectivity index (χ0v) is 13.1. The highest BCUT2D eigenvalue weighted by Gasteiger charge is 2.46. The Morgan fingerprint density at radius 2 is 1.95 bits per heavy atom.